The lowest BCUT2D eigenvalue weighted by Crippen LogP contribution is -2.41. The van der Waals surface area contributed by atoms with Gasteiger partial charge in [-0.25, -0.2) is 0 Å². The predicted octanol–water partition coefficient (Wildman–Crippen LogP) is 3.15. The number of hydrogen-bond donors (Lipinski definition) is 2. The minimum absolute atomic E-state index is 0. The van der Waals surface area contributed by atoms with Crippen molar-refractivity contribution in [1.29, 1.82) is 0 Å². The fourth-order valence-electron chi connectivity index (χ4n) is 2.42. The van der Waals surface area contributed by atoms with Crippen molar-refractivity contribution in [3.63, 3.8) is 0 Å². The topological polar surface area (TPSA) is 73.6 Å². The summed E-state index contributed by atoms with van der Waals surface area (Å²) in [7, 11) is 0. The number of ether oxygens (including phenoxy) is 2. The Balaban J connectivity index is 0.00000288. The second kappa shape index (κ2) is 10.4. The summed E-state index contributed by atoms with van der Waals surface area (Å²) in [6, 6.07) is 5.42. The zero-order valence-electron chi connectivity index (χ0n) is 14.5. The molecular weight excluding hydrogens is 328 g/mol. The summed E-state index contributed by atoms with van der Waals surface area (Å²) in [5.74, 6) is 1.75. The summed E-state index contributed by atoms with van der Waals surface area (Å²) in [6.07, 6.45) is 4.13. The van der Waals surface area contributed by atoms with Crippen LogP contribution in [-0.2, 0) is 0 Å². The lowest BCUT2D eigenvalue weighted by atomic mass is 10.1. The summed E-state index contributed by atoms with van der Waals surface area (Å²) >= 11 is 0. The molecule has 0 bridgehead atoms. The van der Waals surface area contributed by atoms with Crippen LogP contribution in [0.15, 0.2) is 18.2 Å². The molecule has 3 N–H and O–H groups in total. The highest BCUT2D eigenvalue weighted by Crippen LogP contribution is 2.33. The van der Waals surface area contributed by atoms with Crippen LogP contribution in [-0.4, -0.2) is 31.7 Å². The minimum Gasteiger partial charge on any atom is -0.490 e. The third-order valence-corrected chi connectivity index (χ3v) is 3.89. The zero-order chi connectivity index (χ0) is 16.7. The number of amides is 1. The molecule has 0 radical (unpaired) electrons. The summed E-state index contributed by atoms with van der Waals surface area (Å²) in [4.78, 5) is 12.4. The molecule has 0 aliphatic heterocycles. The standard InChI is InChI=1S/C18H28N2O3.ClH/c1-3-9-22-16-8-7-14(11-17(16)23-10-4-2)18(21)20-15(12-19)13-5-6-13;/h7-8,11,13,15H,3-6,9-10,12,19H2,1-2H3,(H,20,21);1H. The Morgan fingerprint density at radius 2 is 1.83 bits per heavy atom. The fraction of sp³-hybridized carbons (Fsp3) is 0.611. The second-order valence-corrected chi connectivity index (χ2v) is 6.01. The molecule has 1 unspecified atom stereocenters. The van der Waals surface area contributed by atoms with Crippen LogP contribution in [0.4, 0.5) is 0 Å². The first-order valence-electron chi connectivity index (χ1n) is 8.60. The number of rotatable bonds is 10. The van der Waals surface area contributed by atoms with Gasteiger partial charge in [-0.15, -0.1) is 12.4 Å². The molecule has 0 aromatic heterocycles. The number of nitrogens with two attached hydrogens (primary N) is 1. The van der Waals surface area contributed by atoms with Gasteiger partial charge in [0.2, 0.25) is 0 Å². The molecule has 1 aliphatic carbocycles. The van der Waals surface area contributed by atoms with Crippen molar-refractivity contribution in [3.05, 3.63) is 23.8 Å². The lowest BCUT2D eigenvalue weighted by Gasteiger charge is -2.17. The average molecular weight is 357 g/mol. The first-order valence-corrected chi connectivity index (χ1v) is 8.60. The van der Waals surface area contributed by atoms with Gasteiger partial charge in [0.1, 0.15) is 0 Å². The summed E-state index contributed by atoms with van der Waals surface area (Å²) in [6.45, 7) is 5.81. The molecule has 1 fully saturated rings. The first-order chi connectivity index (χ1) is 11.2. The third kappa shape index (κ3) is 5.87. The lowest BCUT2D eigenvalue weighted by molar-refractivity contribution is 0.0933. The number of hydrogen-bond acceptors (Lipinski definition) is 4. The number of nitrogens with one attached hydrogen (secondary N) is 1. The van der Waals surface area contributed by atoms with Gasteiger partial charge in [-0.3, -0.25) is 4.79 Å². The Bertz CT molecular complexity index is 521. The van der Waals surface area contributed by atoms with Crippen molar-refractivity contribution in [3.8, 4) is 11.5 Å². The minimum atomic E-state index is -0.101. The van der Waals surface area contributed by atoms with E-state index >= 15 is 0 Å². The molecule has 6 heteroatoms. The molecule has 1 atom stereocenters. The normalized spacial score (nSPS) is 14.5. The highest BCUT2D eigenvalue weighted by atomic mass is 35.5. The van der Waals surface area contributed by atoms with Gasteiger partial charge >= 0.3 is 0 Å². The summed E-state index contributed by atoms with van der Waals surface area (Å²) in [5, 5.41) is 3.03. The molecule has 136 valence electrons. The van der Waals surface area contributed by atoms with E-state index in [9.17, 15) is 4.79 Å². The van der Waals surface area contributed by atoms with Crippen molar-refractivity contribution in [2.45, 2.75) is 45.6 Å². The van der Waals surface area contributed by atoms with Crippen LogP contribution >= 0.6 is 12.4 Å². The highest BCUT2D eigenvalue weighted by Gasteiger charge is 2.31. The molecule has 2 rings (SSSR count). The molecule has 5 nitrogen and oxygen atoms in total. The van der Waals surface area contributed by atoms with E-state index in [0.717, 1.165) is 25.7 Å². The van der Waals surface area contributed by atoms with Crippen molar-refractivity contribution < 1.29 is 14.3 Å². The molecule has 0 heterocycles. The van der Waals surface area contributed by atoms with E-state index < -0.39 is 0 Å². The maximum atomic E-state index is 12.4. The van der Waals surface area contributed by atoms with Crippen LogP contribution in [0.2, 0.25) is 0 Å². The number of halogens is 1. The molecule has 24 heavy (non-hydrogen) atoms. The molecule has 0 saturated heterocycles. The van der Waals surface area contributed by atoms with E-state index in [4.69, 9.17) is 15.2 Å². The van der Waals surface area contributed by atoms with E-state index in [1.807, 2.05) is 13.0 Å². The smallest absolute Gasteiger partial charge is 0.251 e. The van der Waals surface area contributed by atoms with Crippen LogP contribution in [0.3, 0.4) is 0 Å². The monoisotopic (exact) mass is 356 g/mol. The number of benzene rings is 1. The van der Waals surface area contributed by atoms with E-state index in [1.165, 1.54) is 0 Å². The van der Waals surface area contributed by atoms with Gasteiger partial charge in [-0.1, -0.05) is 13.8 Å². The van der Waals surface area contributed by atoms with Gasteiger partial charge in [0, 0.05) is 18.2 Å². The van der Waals surface area contributed by atoms with Crippen molar-refractivity contribution in [1.82, 2.24) is 5.32 Å². The molecule has 0 spiro atoms. The quantitative estimate of drug-likeness (QED) is 0.675. The zero-order valence-corrected chi connectivity index (χ0v) is 15.4. The van der Waals surface area contributed by atoms with Gasteiger partial charge in [0.15, 0.2) is 11.5 Å². The maximum absolute atomic E-state index is 12.4. The SMILES string of the molecule is CCCOc1ccc(C(=O)NC(CN)C2CC2)cc1OCCC.Cl. The van der Waals surface area contributed by atoms with Crippen molar-refractivity contribution in [2.24, 2.45) is 11.7 Å². The fourth-order valence-corrected chi connectivity index (χ4v) is 2.42. The molecule has 1 amide bonds. The second-order valence-electron chi connectivity index (χ2n) is 6.01. The van der Waals surface area contributed by atoms with Crippen LogP contribution in [0, 0.1) is 5.92 Å². The Hall–Kier alpha value is -1.46. The van der Waals surface area contributed by atoms with Crippen molar-refractivity contribution >= 4 is 18.3 Å². The molecular formula is C18H29ClN2O3. The van der Waals surface area contributed by atoms with E-state index in [0.29, 0.717) is 42.7 Å². The van der Waals surface area contributed by atoms with Gasteiger partial charge in [0.05, 0.1) is 13.2 Å². The molecule has 1 saturated carbocycles. The van der Waals surface area contributed by atoms with Gasteiger partial charge < -0.3 is 20.5 Å². The average Bonchev–Trinajstić information content (AvgIpc) is 3.40. The van der Waals surface area contributed by atoms with E-state index in [-0.39, 0.29) is 24.4 Å². The van der Waals surface area contributed by atoms with Gasteiger partial charge in [-0.2, -0.15) is 0 Å². The Labute approximate surface area is 150 Å². The number of carbonyl (C=O) groups is 1. The first kappa shape index (κ1) is 20.6. The Morgan fingerprint density at radius 1 is 1.21 bits per heavy atom. The highest BCUT2D eigenvalue weighted by molar-refractivity contribution is 5.95. The Kier molecular flexibility index (Phi) is 8.93. The van der Waals surface area contributed by atoms with Crippen LogP contribution < -0.4 is 20.5 Å². The van der Waals surface area contributed by atoms with Gasteiger partial charge in [0.25, 0.3) is 5.91 Å². The maximum Gasteiger partial charge on any atom is 0.251 e. The summed E-state index contributed by atoms with van der Waals surface area (Å²) < 4.78 is 11.4. The summed E-state index contributed by atoms with van der Waals surface area (Å²) in [5.41, 5.74) is 6.34. The molecule has 1 aliphatic rings. The predicted molar refractivity (Wildman–Crippen MR) is 98.3 cm³/mol. The van der Waals surface area contributed by atoms with Gasteiger partial charge in [-0.05, 0) is 49.8 Å². The van der Waals surface area contributed by atoms with E-state index in [2.05, 4.69) is 12.2 Å². The van der Waals surface area contributed by atoms with Crippen LogP contribution in [0.5, 0.6) is 11.5 Å². The van der Waals surface area contributed by atoms with E-state index in [1.54, 1.807) is 12.1 Å². The third-order valence-electron chi connectivity index (χ3n) is 3.89. The Morgan fingerprint density at radius 3 is 2.38 bits per heavy atom. The molecule has 1 aromatic rings. The van der Waals surface area contributed by atoms with Crippen LogP contribution in [0.1, 0.15) is 49.9 Å². The largest absolute Gasteiger partial charge is 0.490 e. The van der Waals surface area contributed by atoms with Crippen molar-refractivity contribution in [2.75, 3.05) is 19.8 Å². The number of carbonyl (C=O) groups excluding carboxylic acids is 1. The van der Waals surface area contributed by atoms with Crippen LogP contribution in [0.25, 0.3) is 0 Å². The molecule has 1 aromatic carbocycles.